The normalized spacial score (nSPS) is 10.3. The van der Waals surface area contributed by atoms with E-state index in [0.29, 0.717) is 36.5 Å². The van der Waals surface area contributed by atoms with E-state index in [9.17, 15) is 14.8 Å². The average Bonchev–Trinajstić information content (AvgIpc) is 3.02. The van der Waals surface area contributed by atoms with Crippen molar-refractivity contribution in [1.82, 2.24) is 9.69 Å². The summed E-state index contributed by atoms with van der Waals surface area (Å²) in [7, 11) is 1.58. The number of benzene rings is 1. The number of hydrogen-bond acceptors (Lipinski definition) is 7. The maximum atomic E-state index is 11.9. The number of carbonyl (C=O) groups excluding carboxylic acids is 2. The first kappa shape index (κ1) is 18.6. The average molecular weight is 364 g/mol. The molecule has 3 amide bonds. The zero-order valence-electron chi connectivity index (χ0n) is 13.5. The zero-order valence-corrected chi connectivity index (χ0v) is 14.3. The summed E-state index contributed by atoms with van der Waals surface area (Å²) in [4.78, 5) is 23.7. The van der Waals surface area contributed by atoms with Gasteiger partial charge in [0, 0.05) is 31.5 Å². The molecule has 1 heterocycles. The van der Waals surface area contributed by atoms with E-state index in [4.69, 9.17) is 10.5 Å². The van der Waals surface area contributed by atoms with Crippen molar-refractivity contribution in [3.63, 3.8) is 0 Å². The number of anilines is 2. The molecular formula is C15H18N5O4S-. The number of nitrogens with zero attached hydrogens (tertiary/aromatic N) is 1. The van der Waals surface area contributed by atoms with Crippen molar-refractivity contribution < 1.29 is 14.3 Å². The molecule has 9 nitrogen and oxygen atoms in total. The first-order chi connectivity index (χ1) is 12.1. The number of nitrogens with one attached hydrogen (secondary N) is 3. The topological polar surface area (TPSA) is 141 Å². The number of primary amides is 1. The quantitative estimate of drug-likeness (QED) is 0.417. The summed E-state index contributed by atoms with van der Waals surface area (Å²) >= 11 is 0.957. The molecule has 0 aliphatic carbocycles. The van der Waals surface area contributed by atoms with E-state index in [-0.39, 0.29) is 10.6 Å². The largest absolute Gasteiger partial charge is 0.761 e. The zero-order chi connectivity index (χ0) is 18.2. The minimum Gasteiger partial charge on any atom is -0.761 e. The predicted molar refractivity (Wildman–Crippen MR) is 96.6 cm³/mol. The number of urea groups is 1. The van der Waals surface area contributed by atoms with E-state index in [1.807, 2.05) is 0 Å². The molecule has 10 heteroatoms. The summed E-state index contributed by atoms with van der Waals surface area (Å²) < 4.78 is 9.10. The van der Waals surface area contributed by atoms with Gasteiger partial charge in [0.1, 0.15) is 10.6 Å². The van der Waals surface area contributed by atoms with Crippen LogP contribution in [-0.4, -0.2) is 36.6 Å². The van der Waals surface area contributed by atoms with E-state index in [0.717, 1.165) is 11.5 Å². The van der Waals surface area contributed by atoms with Gasteiger partial charge in [0.2, 0.25) is 0 Å². The molecule has 1 aromatic carbocycles. The van der Waals surface area contributed by atoms with Crippen LogP contribution in [0.5, 0.6) is 0 Å². The first-order valence-corrected chi connectivity index (χ1v) is 8.16. The van der Waals surface area contributed by atoms with Gasteiger partial charge in [-0.25, -0.2) is 4.79 Å². The standard InChI is InChI=1S/C15H18N5O4S/c1-24-8-2-7-17-15(22)18-14-11(13(16)21)12(20-25-14)9-3-5-10(19-23)6-4-9/h3-6,19H,2,7-8H2,1H3,(H2,16,21)(H2,17,18,22)/q-1. The Kier molecular flexibility index (Phi) is 6.69. The van der Waals surface area contributed by atoms with Crippen molar-refractivity contribution in [1.29, 1.82) is 0 Å². The Balaban J connectivity index is 2.15. The summed E-state index contributed by atoms with van der Waals surface area (Å²) in [5.74, 6) is -0.704. The molecule has 0 bridgehead atoms. The maximum absolute atomic E-state index is 11.9. The summed E-state index contributed by atoms with van der Waals surface area (Å²) in [5.41, 5.74) is 8.68. The predicted octanol–water partition coefficient (Wildman–Crippen LogP) is 1.98. The molecule has 0 aliphatic heterocycles. The van der Waals surface area contributed by atoms with E-state index < -0.39 is 11.9 Å². The van der Waals surface area contributed by atoms with E-state index in [1.165, 1.54) is 0 Å². The molecule has 0 fully saturated rings. The SMILES string of the molecule is COCCCNC(=O)Nc1snc(-c2ccc(N[O-])cc2)c1C(N)=O. The van der Waals surface area contributed by atoms with Gasteiger partial charge in [0.05, 0.1) is 5.69 Å². The Morgan fingerprint density at radius 2 is 2.04 bits per heavy atom. The van der Waals surface area contributed by atoms with Crippen LogP contribution >= 0.6 is 11.5 Å². The Hall–Kier alpha value is -2.69. The molecule has 2 rings (SSSR count). The van der Waals surface area contributed by atoms with Crippen molar-refractivity contribution in [3.05, 3.63) is 35.0 Å². The number of rotatable bonds is 8. The van der Waals surface area contributed by atoms with Gasteiger partial charge in [0.15, 0.2) is 0 Å². The third-order valence-corrected chi connectivity index (χ3v) is 4.02. The van der Waals surface area contributed by atoms with E-state index >= 15 is 0 Å². The summed E-state index contributed by atoms with van der Waals surface area (Å²) in [6, 6.07) is 5.93. The van der Waals surface area contributed by atoms with Crippen molar-refractivity contribution >= 4 is 34.2 Å². The van der Waals surface area contributed by atoms with Crippen LogP contribution < -0.4 is 21.8 Å². The fourth-order valence-electron chi connectivity index (χ4n) is 2.06. The van der Waals surface area contributed by atoms with Gasteiger partial charge < -0.3 is 26.5 Å². The molecule has 0 aliphatic rings. The lowest BCUT2D eigenvalue weighted by Crippen LogP contribution is -2.30. The fourth-order valence-corrected chi connectivity index (χ4v) is 2.87. The molecule has 25 heavy (non-hydrogen) atoms. The van der Waals surface area contributed by atoms with Crippen LogP contribution in [0.2, 0.25) is 0 Å². The molecule has 0 atom stereocenters. The highest BCUT2D eigenvalue weighted by Crippen LogP contribution is 2.32. The monoisotopic (exact) mass is 364 g/mol. The fraction of sp³-hybridized carbons (Fsp3) is 0.267. The maximum Gasteiger partial charge on any atom is 0.319 e. The van der Waals surface area contributed by atoms with Gasteiger partial charge in [-0.05, 0) is 30.1 Å². The van der Waals surface area contributed by atoms with Gasteiger partial charge >= 0.3 is 6.03 Å². The Labute approximate surface area is 148 Å². The van der Waals surface area contributed by atoms with E-state index in [1.54, 1.807) is 36.9 Å². The second-order valence-corrected chi connectivity index (χ2v) is 5.78. The Morgan fingerprint density at radius 3 is 2.64 bits per heavy atom. The highest BCUT2D eigenvalue weighted by molar-refractivity contribution is 7.11. The molecule has 1 aromatic heterocycles. The number of carbonyl (C=O) groups is 2. The molecule has 0 saturated heterocycles. The lowest BCUT2D eigenvalue weighted by molar-refractivity contribution is 0.100. The van der Waals surface area contributed by atoms with Crippen LogP contribution in [0.3, 0.4) is 0 Å². The van der Waals surface area contributed by atoms with Crippen molar-refractivity contribution in [2.75, 3.05) is 31.1 Å². The van der Waals surface area contributed by atoms with E-state index in [2.05, 4.69) is 15.0 Å². The Morgan fingerprint density at radius 1 is 1.32 bits per heavy atom. The third kappa shape index (κ3) is 4.89. The number of aromatic nitrogens is 1. The smallest absolute Gasteiger partial charge is 0.319 e. The Bertz CT molecular complexity index is 732. The highest BCUT2D eigenvalue weighted by Gasteiger charge is 2.21. The molecule has 0 unspecified atom stereocenters. The van der Waals surface area contributed by atoms with Crippen LogP contribution in [0.15, 0.2) is 24.3 Å². The van der Waals surface area contributed by atoms with Gasteiger partial charge in [-0.2, -0.15) is 4.37 Å². The molecule has 5 N–H and O–H groups in total. The highest BCUT2D eigenvalue weighted by atomic mass is 32.1. The first-order valence-electron chi connectivity index (χ1n) is 7.38. The van der Waals surface area contributed by atoms with Crippen LogP contribution in [0, 0.1) is 5.21 Å². The summed E-state index contributed by atoms with van der Waals surface area (Å²) in [6.07, 6.45) is 0.667. The molecule has 0 saturated carbocycles. The van der Waals surface area contributed by atoms with Crippen molar-refractivity contribution in [3.8, 4) is 11.3 Å². The number of methoxy groups -OCH3 is 1. The van der Waals surface area contributed by atoms with Gasteiger partial charge in [-0.15, -0.1) is 0 Å². The second kappa shape index (κ2) is 8.97. The minimum atomic E-state index is -0.704. The molecule has 0 radical (unpaired) electrons. The van der Waals surface area contributed by atoms with Crippen molar-refractivity contribution in [2.45, 2.75) is 6.42 Å². The lowest BCUT2D eigenvalue weighted by atomic mass is 10.1. The van der Waals surface area contributed by atoms with Crippen LogP contribution in [0.25, 0.3) is 11.3 Å². The van der Waals surface area contributed by atoms with Gasteiger partial charge in [-0.3, -0.25) is 10.1 Å². The molecule has 134 valence electrons. The molecule has 0 spiro atoms. The summed E-state index contributed by atoms with van der Waals surface area (Å²) in [6.45, 7) is 0.965. The molecular weight excluding hydrogens is 346 g/mol. The summed E-state index contributed by atoms with van der Waals surface area (Å²) in [5, 5.41) is 16.1. The number of hydrogen-bond donors (Lipinski definition) is 4. The lowest BCUT2D eigenvalue weighted by Gasteiger charge is -2.09. The van der Waals surface area contributed by atoms with Gasteiger partial charge in [0.25, 0.3) is 5.91 Å². The van der Waals surface area contributed by atoms with Crippen LogP contribution in [0.1, 0.15) is 16.8 Å². The van der Waals surface area contributed by atoms with Crippen molar-refractivity contribution in [2.24, 2.45) is 5.73 Å². The second-order valence-electron chi connectivity index (χ2n) is 5.01. The number of nitrogens with two attached hydrogens (primary N) is 1. The number of ether oxygens (including phenoxy) is 1. The minimum absolute atomic E-state index is 0.125. The third-order valence-electron chi connectivity index (χ3n) is 3.25. The van der Waals surface area contributed by atoms with Crippen LogP contribution in [0.4, 0.5) is 15.5 Å². The van der Waals surface area contributed by atoms with Gasteiger partial charge in [-0.1, -0.05) is 12.1 Å². The number of amides is 3. The van der Waals surface area contributed by atoms with Crippen LogP contribution in [-0.2, 0) is 4.74 Å². The molecule has 2 aromatic rings.